The van der Waals surface area contributed by atoms with Crippen LogP contribution in [0.4, 0.5) is 0 Å². The van der Waals surface area contributed by atoms with Crippen molar-refractivity contribution in [2.75, 3.05) is 26.3 Å². The minimum atomic E-state index is -0.219. The fraction of sp³-hybridized carbons (Fsp3) is 0.929. The molecule has 2 rings (SSSR count). The SMILES string of the molecule is CCOC(CN1CC(=O)N[C@@H]2CCCC[C@@H]21)OCC. The monoisotopic (exact) mass is 270 g/mol. The van der Waals surface area contributed by atoms with E-state index in [1.165, 1.54) is 12.8 Å². The number of ether oxygens (including phenoxy) is 2. The number of hydrogen-bond acceptors (Lipinski definition) is 4. The summed E-state index contributed by atoms with van der Waals surface area (Å²) in [4.78, 5) is 14.0. The molecule has 5 nitrogen and oxygen atoms in total. The van der Waals surface area contributed by atoms with Gasteiger partial charge in [-0.25, -0.2) is 0 Å². The Kier molecular flexibility index (Phi) is 5.60. The highest BCUT2D eigenvalue weighted by Gasteiger charge is 2.37. The number of rotatable bonds is 6. The van der Waals surface area contributed by atoms with Crippen LogP contribution in [0.3, 0.4) is 0 Å². The lowest BCUT2D eigenvalue weighted by Gasteiger charge is -2.44. The number of piperazine rings is 1. The molecule has 1 amide bonds. The van der Waals surface area contributed by atoms with Gasteiger partial charge in [0.2, 0.25) is 5.91 Å². The maximum atomic E-state index is 11.8. The zero-order chi connectivity index (χ0) is 13.7. The average molecular weight is 270 g/mol. The normalized spacial score (nSPS) is 28.3. The van der Waals surface area contributed by atoms with Crippen LogP contribution < -0.4 is 5.32 Å². The third-order valence-electron chi connectivity index (χ3n) is 3.98. The lowest BCUT2D eigenvalue weighted by molar-refractivity contribution is -0.158. The zero-order valence-electron chi connectivity index (χ0n) is 12.1. The van der Waals surface area contributed by atoms with Crippen LogP contribution in [0.15, 0.2) is 0 Å². The summed E-state index contributed by atoms with van der Waals surface area (Å²) in [5, 5.41) is 3.12. The van der Waals surface area contributed by atoms with Gasteiger partial charge in [0, 0.05) is 25.3 Å². The first-order chi connectivity index (χ1) is 9.24. The van der Waals surface area contributed by atoms with Crippen LogP contribution in [0.5, 0.6) is 0 Å². The van der Waals surface area contributed by atoms with Crippen LogP contribution in [0.1, 0.15) is 39.5 Å². The summed E-state index contributed by atoms with van der Waals surface area (Å²) >= 11 is 0. The Bertz CT molecular complexity index is 292. The summed E-state index contributed by atoms with van der Waals surface area (Å²) in [5.41, 5.74) is 0. The highest BCUT2D eigenvalue weighted by Crippen LogP contribution is 2.26. The van der Waals surface area contributed by atoms with E-state index in [-0.39, 0.29) is 12.2 Å². The molecule has 0 spiro atoms. The lowest BCUT2D eigenvalue weighted by atomic mass is 9.87. The lowest BCUT2D eigenvalue weighted by Crippen LogP contribution is -2.62. The molecule has 19 heavy (non-hydrogen) atoms. The number of fused-ring (bicyclic) bond motifs is 1. The maximum Gasteiger partial charge on any atom is 0.234 e. The molecular formula is C14H26N2O3. The van der Waals surface area contributed by atoms with Gasteiger partial charge in [-0.15, -0.1) is 0 Å². The van der Waals surface area contributed by atoms with Crippen molar-refractivity contribution >= 4 is 5.91 Å². The van der Waals surface area contributed by atoms with E-state index in [9.17, 15) is 4.79 Å². The molecule has 0 radical (unpaired) electrons. The molecule has 0 aromatic rings. The van der Waals surface area contributed by atoms with Crippen molar-refractivity contribution in [1.29, 1.82) is 0 Å². The molecule has 1 saturated heterocycles. The molecule has 1 saturated carbocycles. The summed E-state index contributed by atoms with van der Waals surface area (Å²) in [7, 11) is 0. The number of carbonyl (C=O) groups excluding carboxylic acids is 1. The quantitative estimate of drug-likeness (QED) is 0.735. The fourth-order valence-corrected chi connectivity index (χ4v) is 3.19. The molecule has 110 valence electrons. The second-order valence-corrected chi connectivity index (χ2v) is 5.30. The van der Waals surface area contributed by atoms with Crippen LogP contribution >= 0.6 is 0 Å². The van der Waals surface area contributed by atoms with Crippen LogP contribution in [0.25, 0.3) is 0 Å². The minimum absolute atomic E-state index is 0.134. The van der Waals surface area contributed by atoms with Crippen molar-refractivity contribution in [3.05, 3.63) is 0 Å². The van der Waals surface area contributed by atoms with Gasteiger partial charge < -0.3 is 14.8 Å². The Hall–Kier alpha value is -0.650. The molecule has 2 aliphatic rings. The van der Waals surface area contributed by atoms with E-state index in [2.05, 4.69) is 10.2 Å². The fourth-order valence-electron chi connectivity index (χ4n) is 3.19. The maximum absolute atomic E-state index is 11.8. The van der Waals surface area contributed by atoms with Crippen LogP contribution in [0, 0.1) is 0 Å². The Morgan fingerprint density at radius 2 is 1.95 bits per heavy atom. The van der Waals surface area contributed by atoms with E-state index in [0.717, 1.165) is 12.8 Å². The molecule has 0 aromatic heterocycles. The predicted octanol–water partition coefficient (Wildman–Crippen LogP) is 1.13. The molecule has 1 heterocycles. The third kappa shape index (κ3) is 3.91. The van der Waals surface area contributed by atoms with Gasteiger partial charge in [0.15, 0.2) is 6.29 Å². The highest BCUT2D eigenvalue weighted by atomic mass is 16.7. The van der Waals surface area contributed by atoms with Crippen LogP contribution in [0.2, 0.25) is 0 Å². The van der Waals surface area contributed by atoms with E-state index < -0.39 is 0 Å². The molecular weight excluding hydrogens is 244 g/mol. The van der Waals surface area contributed by atoms with E-state index >= 15 is 0 Å². The highest BCUT2D eigenvalue weighted by molar-refractivity contribution is 5.79. The van der Waals surface area contributed by atoms with Crippen molar-refractivity contribution in [1.82, 2.24) is 10.2 Å². The first-order valence-corrected chi connectivity index (χ1v) is 7.51. The van der Waals surface area contributed by atoms with Gasteiger partial charge in [-0.1, -0.05) is 12.8 Å². The van der Waals surface area contributed by atoms with Gasteiger partial charge in [-0.2, -0.15) is 0 Å². The molecule has 2 fully saturated rings. The van der Waals surface area contributed by atoms with Crippen molar-refractivity contribution in [2.45, 2.75) is 57.9 Å². The molecule has 1 aliphatic carbocycles. The molecule has 1 aliphatic heterocycles. The van der Waals surface area contributed by atoms with Crippen molar-refractivity contribution in [3.63, 3.8) is 0 Å². The average Bonchev–Trinajstić information content (AvgIpc) is 2.39. The standard InChI is InChI=1S/C14H26N2O3/c1-3-18-14(19-4-2)10-16-9-13(17)15-11-7-5-6-8-12(11)16/h11-12,14H,3-10H2,1-2H3,(H,15,17)/t11-,12+/m1/s1. The Labute approximate surface area is 115 Å². The summed E-state index contributed by atoms with van der Waals surface area (Å²) in [6.45, 7) is 6.38. The van der Waals surface area contributed by atoms with E-state index in [0.29, 0.717) is 38.4 Å². The smallest absolute Gasteiger partial charge is 0.234 e. The second kappa shape index (κ2) is 7.22. The van der Waals surface area contributed by atoms with Gasteiger partial charge in [0.1, 0.15) is 0 Å². The van der Waals surface area contributed by atoms with Crippen LogP contribution in [-0.2, 0) is 14.3 Å². The molecule has 0 bridgehead atoms. The van der Waals surface area contributed by atoms with Crippen molar-refractivity contribution < 1.29 is 14.3 Å². The summed E-state index contributed by atoms with van der Waals surface area (Å²) in [6, 6.07) is 0.772. The number of nitrogens with one attached hydrogen (secondary N) is 1. The molecule has 5 heteroatoms. The van der Waals surface area contributed by atoms with Gasteiger partial charge in [0.25, 0.3) is 0 Å². The van der Waals surface area contributed by atoms with Gasteiger partial charge in [-0.3, -0.25) is 9.69 Å². The summed E-state index contributed by atoms with van der Waals surface area (Å²) in [6.07, 6.45) is 4.51. The van der Waals surface area contributed by atoms with Crippen molar-refractivity contribution in [2.24, 2.45) is 0 Å². The van der Waals surface area contributed by atoms with E-state index in [1.807, 2.05) is 13.8 Å². The molecule has 1 N–H and O–H groups in total. The van der Waals surface area contributed by atoms with Crippen LogP contribution in [-0.4, -0.2) is 55.5 Å². The predicted molar refractivity (Wildman–Crippen MR) is 72.8 cm³/mol. The van der Waals surface area contributed by atoms with Crippen molar-refractivity contribution in [3.8, 4) is 0 Å². The van der Waals surface area contributed by atoms with E-state index in [4.69, 9.17) is 9.47 Å². The Balaban J connectivity index is 1.96. The molecule has 2 atom stereocenters. The zero-order valence-corrected chi connectivity index (χ0v) is 12.1. The molecule has 0 aromatic carbocycles. The van der Waals surface area contributed by atoms with Gasteiger partial charge >= 0.3 is 0 Å². The third-order valence-corrected chi connectivity index (χ3v) is 3.98. The number of carbonyl (C=O) groups is 1. The minimum Gasteiger partial charge on any atom is -0.352 e. The first kappa shape index (κ1) is 14.8. The Morgan fingerprint density at radius 3 is 2.63 bits per heavy atom. The van der Waals surface area contributed by atoms with Gasteiger partial charge in [-0.05, 0) is 26.7 Å². The summed E-state index contributed by atoms with van der Waals surface area (Å²) < 4.78 is 11.2. The number of amides is 1. The number of nitrogens with zero attached hydrogens (tertiary/aromatic N) is 1. The molecule has 0 unspecified atom stereocenters. The largest absolute Gasteiger partial charge is 0.352 e. The Morgan fingerprint density at radius 1 is 1.26 bits per heavy atom. The number of hydrogen-bond donors (Lipinski definition) is 1. The topological polar surface area (TPSA) is 50.8 Å². The van der Waals surface area contributed by atoms with Gasteiger partial charge in [0.05, 0.1) is 13.1 Å². The summed E-state index contributed by atoms with van der Waals surface area (Å²) in [5.74, 6) is 0.134. The first-order valence-electron chi connectivity index (χ1n) is 7.51. The van der Waals surface area contributed by atoms with E-state index in [1.54, 1.807) is 0 Å². The second-order valence-electron chi connectivity index (χ2n) is 5.30.